The van der Waals surface area contributed by atoms with Gasteiger partial charge in [-0.1, -0.05) is 0 Å². The Bertz CT molecular complexity index is 567. The Morgan fingerprint density at radius 2 is 2.22 bits per heavy atom. The molecule has 3 heterocycles. The number of nitrogens with zero attached hydrogens (tertiary/aromatic N) is 2. The highest BCUT2D eigenvalue weighted by Crippen LogP contribution is 2.31. The van der Waals surface area contributed by atoms with Crippen molar-refractivity contribution in [1.29, 1.82) is 0 Å². The molecule has 96 valence electrons. The number of fused-ring (bicyclic) bond motifs is 1. The van der Waals surface area contributed by atoms with Gasteiger partial charge >= 0.3 is 6.18 Å². The zero-order valence-corrected chi connectivity index (χ0v) is 9.54. The van der Waals surface area contributed by atoms with Crippen molar-refractivity contribution in [1.82, 2.24) is 14.7 Å². The van der Waals surface area contributed by atoms with Crippen LogP contribution in [0.4, 0.5) is 13.2 Å². The minimum atomic E-state index is -4.30. The number of hydrogen-bond donors (Lipinski definition) is 1. The maximum Gasteiger partial charge on any atom is 0.416 e. The van der Waals surface area contributed by atoms with Crippen LogP contribution >= 0.6 is 0 Å². The molecule has 0 spiro atoms. The van der Waals surface area contributed by atoms with Gasteiger partial charge in [0.15, 0.2) is 0 Å². The number of imidazole rings is 1. The fourth-order valence-corrected chi connectivity index (χ4v) is 2.37. The number of hydrogen-bond acceptors (Lipinski definition) is 2. The van der Waals surface area contributed by atoms with Crippen LogP contribution in [-0.4, -0.2) is 22.5 Å². The Hall–Kier alpha value is -1.56. The van der Waals surface area contributed by atoms with Crippen molar-refractivity contribution >= 4 is 5.52 Å². The van der Waals surface area contributed by atoms with E-state index in [0.29, 0.717) is 5.52 Å². The van der Waals surface area contributed by atoms with Gasteiger partial charge in [0.25, 0.3) is 0 Å². The van der Waals surface area contributed by atoms with Crippen LogP contribution in [0.5, 0.6) is 0 Å². The van der Waals surface area contributed by atoms with Gasteiger partial charge in [-0.2, -0.15) is 13.2 Å². The summed E-state index contributed by atoms with van der Waals surface area (Å²) in [7, 11) is 0. The lowest BCUT2D eigenvalue weighted by atomic mass is 10.1. The first kappa shape index (κ1) is 11.5. The molecule has 2 aromatic rings. The number of nitrogens with one attached hydrogen (secondary N) is 1. The van der Waals surface area contributed by atoms with Crippen molar-refractivity contribution in [3.05, 3.63) is 35.9 Å². The fourth-order valence-electron chi connectivity index (χ4n) is 2.37. The van der Waals surface area contributed by atoms with Gasteiger partial charge in [-0.05, 0) is 25.1 Å². The molecule has 1 atom stereocenters. The highest BCUT2D eigenvalue weighted by molar-refractivity contribution is 5.49. The Balaban J connectivity index is 2.05. The van der Waals surface area contributed by atoms with Crippen LogP contribution in [0.2, 0.25) is 0 Å². The zero-order chi connectivity index (χ0) is 12.8. The second kappa shape index (κ2) is 3.98. The predicted octanol–water partition coefficient (Wildman–Crippen LogP) is 2.43. The minimum Gasteiger partial charge on any atom is -0.316 e. The lowest BCUT2D eigenvalue weighted by molar-refractivity contribution is -0.137. The van der Waals surface area contributed by atoms with Gasteiger partial charge in [0.2, 0.25) is 0 Å². The van der Waals surface area contributed by atoms with Crippen LogP contribution < -0.4 is 5.32 Å². The molecule has 18 heavy (non-hydrogen) atoms. The third kappa shape index (κ3) is 1.86. The van der Waals surface area contributed by atoms with E-state index in [2.05, 4.69) is 10.3 Å². The van der Waals surface area contributed by atoms with Crippen LogP contribution in [0.1, 0.15) is 23.7 Å². The van der Waals surface area contributed by atoms with E-state index in [0.717, 1.165) is 37.5 Å². The highest BCUT2D eigenvalue weighted by Gasteiger charge is 2.31. The van der Waals surface area contributed by atoms with E-state index in [-0.39, 0.29) is 5.92 Å². The largest absolute Gasteiger partial charge is 0.416 e. The molecule has 1 aliphatic heterocycles. The van der Waals surface area contributed by atoms with Crippen LogP contribution in [-0.2, 0) is 6.18 Å². The van der Waals surface area contributed by atoms with E-state index in [1.54, 1.807) is 4.40 Å². The van der Waals surface area contributed by atoms with Crippen molar-refractivity contribution in [2.75, 3.05) is 13.1 Å². The SMILES string of the molecule is FC(F)(F)c1ccn2c(C3CCNC3)ncc2c1. The standard InChI is InChI=1S/C12H12F3N3/c13-12(14,15)9-2-4-18-10(5-9)7-17-11(18)8-1-3-16-6-8/h2,4-5,7-8,16H,1,3,6H2. The first-order chi connectivity index (χ1) is 8.55. The molecule has 1 aliphatic rings. The molecule has 0 saturated carbocycles. The summed E-state index contributed by atoms with van der Waals surface area (Å²) in [6.07, 6.45) is -0.372. The molecule has 0 aromatic carbocycles. The second-order valence-electron chi connectivity index (χ2n) is 4.51. The molecule has 0 amide bonds. The van der Waals surface area contributed by atoms with Gasteiger partial charge in [-0.3, -0.25) is 0 Å². The smallest absolute Gasteiger partial charge is 0.316 e. The van der Waals surface area contributed by atoms with E-state index in [4.69, 9.17) is 0 Å². The van der Waals surface area contributed by atoms with E-state index in [1.165, 1.54) is 12.4 Å². The van der Waals surface area contributed by atoms with Gasteiger partial charge in [0.1, 0.15) is 5.82 Å². The summed E-state index contributed by atoms with van der Waals surface area (Å²) in [6, 6.07) is 2.24. The third-order valence-electron chi connectivity index (χ3n) is 3.31. The predicted molar refractivity (Wildman–Crippen MR) is 60.4 cm³/mol. The summed E-state index contributed by atoms with van der Waals surface area (Å²) >= 11 is 0. The maximum atomic E-state index is 12.6. The van der Waals surface area contributed by atoms with Crippen molar-refractivity contribution in [3.8, 4) is 0 Å². The van der Waals surface area contributed by atoms with E-state index in [9.17, 15) is 13.2 Å². The number of pyridine rings is 1. The summed E-state index contributed by atoms with van der Waals surface area (Å²) in [4.78, 5) is 4.26. The Kier molecular flexibility index (Phi) is 2.55. The molecule has 6 heteroatoms. The second-order valence-corrected chi connectivity index (χ2v) is 4.51. The highest BCUT2D eigenvalue weighted by atomic mass is 19.4. The lowest BCUT2D eigenvalue weighted by Gasteiger charge is -2.09. The van der Waals surface area contributed by atoms with Gasteiger partial charge in [-0.25, -0.2) is 4.98 Å². The molecular weight excluding hydrogens is 243 g/mol. The minimum absolute atomic E-state index is 0.282. The van der Waals surface area contributed by atoms with E-state index < -0.39 is 11.7 Å². The van der Waals surface area contributed by atoms with E-state index in [1.807, 2.05) is 0 Å². The number of aromatic nitrogens is 2. The number of rotatable bonds is 1. The van der Waals surface area contributed by atoms with Gasteiger partial charge in [0, 0.05) is 18.7 Å². The van der Waals surface area contributed by atoms with Crippen LogP contribution in [0.15, 0.2) is 24.5 Å². The summed E-state index contributed by atoms with van der Waals surface area (Å²) in [6.45, 7) is 1.76. The van der Waals surface area contributed by atoms with Gasteiger partial charge in [0.05, 0.1) is 17.3 Å². The Morgan fingerprint density at radius 3 is 2.89 bits per heavy atom. The van der Waals surface area contributed by atoms with Crippen molar-refractivity contribution < 1.29 is 13.2 Å². The molecule has 1 unspecified atom stereocenters. The summed E-state index contributed by atoms with van der Waals surface area (Å²) < 4.78 is 39.5. The first-order valence-electron chi connectivity index (χ1n) is 5.80. The summed E-state index contributed by atoms with van der Waals surface area (Å²) in [5, 5.41) is 3.23. The van der Waals surface area contributed by atoms with Crippen molar-refractivity contribution in [2.45, 2.75) is 18.5 Å². The van der Waals surface area contributed by atoms with Crippen LogP contribution in [0.3, 0.4) is 0 Å². The summed E-state index contributed by atoms with van der Waals surface area (Å²) in [5.41, 5.74) is -0.141. The Labute approximate surface area is 102 Å². The topological polar surface area (TPSA) is 29.3 Å². The Morgan fingerprint density at radius 1 is 1.39 bits per heavy atom. The van der Waals surface area contributed by atoms with Crippen molar-refractivity contribution in [3.63, 3.8) is 0 Å². The molecular formula is C12H12F3N3. The molecule has 0 bridgehead atoms. The molecule has 0 aliphatic carbocycles. The molecule has 2 aromatic heterocycles. The summed E-state index contributed by atoms with van der Waals surface area (Å²) in [5.74, 6) is 1.12. The average Bonchev–Trinajstić information content (AvgIpc) is 2.95. The lowest BCUT2D eigenvalue weighted by Crippen LogP contribution is -2.10. The molecule has 0 radical (unpaired) electrons. The number of halogens is 3. The van der Waals surface area contributed by atoms with Gasteiger partial charge in [-0.15, -0.1) is 0 Å². The van der Waals surface area contributed by atoms with E-state index >= 15 is 0 Å². The normalized spacial score (nSPS) is 20.7. The van der Waals surface area contributed by atoms with Crippen molar-refractivity contribution in [2.24, 2.45) is 0 Å². The maximum absolute atomic E-state index is 12.6. The zero-order valence-electron chi connectivity index (χ0n) is 9.54. The average molecular weight is 255 g/mol. The first-order valence-corrected chi connectivity index (χ1v) is 5.80. The molecule has 1 saturated heterocycles. The van der Waals surface area contributed by atoms with Crippen LogP contribution in [0.25, 0.3) is 5.52 Å². The molecule has 3 nitrogen and oxygen atoms in total. The fraction of sp³-hybridized carbons (Fsp3) is 0.417. The number of alkyl halides is 3. The van der Waals surface area contributed by atoms with Crippen LogP contribution in [0, 0.1) is 0 Å². The third-order valence-corrected chi connectivity index (χ3v) is 3.31. The quantitative estimate of drug-likeness (QED) is 0.848. The van der Waals surface area contributed by atoms with Gasteiger partial charge < -0.3 is 9.72 Å². The molecule has 1 N–H and O–H groups in total. The molecule has 1 fully saturated rings. The monoisotopic (exact) mass is 255 g/mol. The molecule has 3 rings (SSSR count).